The summed E-state index contributed by atoms with van der Waals surface area (Å²) in [5, 5.41) is 20.1. The van der Waals surface area contributed by atoms with E-state index in [0.717, 1.165) is 10.6 Å². The Labute approximate surface area is 145 Å². The number of aromatic nitrogens is 1. The molecule has 0 saturated heterocycles. The van der Waals surface area contributed by atoms with Crippen LogP contribution in [-0.4, -0.2) is 34.0 Å². The van der Waals surface area contributed by atoms with Gasteiger partial charge in [-0.2, -0.15) is 10.3 Å². The van der Waals surface area contributed by atoms with Gasteiger partial charge in [-0.15, -0.1) is 0 Å². The van der Waals surface area contributed by atoms with Crippen LogP contribution in [0.3, 0.4) is 0 Å². The largest absolute Gasteiger partial charge is 0.483 e. The lowest BCUT2D eigenvalue weighted by Crippen LogP contribution is -2.41. The summed E-state index contributed by atoms with van der Waals surface area (Å²) in [6.45, 7) is 3.97. The van der Waals surface area contributed by atoms with Gasteiger partial charge in [0.25, 0.3) is 5.56 Å². The zero-order chi connectivity index (χ0) is 18.2. The first-order valence-electron chi connectivity index (χ1n) is 7.89. The molecule has 2 aromatic rings. The Morgan fingerprint density at radius 3 is 2.72 bits per heavy atom. The molecule has 0 amide bonds. The lowest BCUT2D eigenvalue weighted by molar-refractivity contribution is -0.0617. The topological polar surface area (TPSA) is 78.5 Å². The van der Waals surface area contributed by atoms with E-state index in [-0.39, 0.29) is 12.1 Å². The van der Waals surface area contributed by atoms with Gasteiger partial charge in [-0.25, -0.2) is 0 Å². The minimum Gasteiger partial charge on any atom is -0.483 e. The van der Waals surface area contributed by atoms with E-state index >= 15 is 0 Å². The molecular weight excluding hydrogens is 318 g/mol. The van der Waals surface area contributed by atoms with Gasteiger partial charge in [-0.1, -0.05) is 6.07 Å². The van der Waals surface area contributed by atoms with E-state index in [0.29, 0.717) is 22.6 Å². The highest BCUT2D eigenvalue weighted by Gasteiger charge is 2.36. The van der Waals surface area contributed by atoms with Crippen LogP contribution in [0, 0.1) is 11.3 Å². The van der Waals surface area contributed by atoms with Crippen molar-refractivity contribution in [2.45, 2.75) is 19.4 Å². The van der Waals surface area contributed by atoms with Crippen LogP contribution >= 0.6 is 0 Å². The number of benzene rings is 1. The van der Waals surface area contributed by atoms with Gasteiger partial charge in [0.1, 0.15) is 11.4 Å². The highest BCUT2D eigenvalue weighted by molar-refractivity contribution is 5.77. The van der Waals surface area contributed by atoms with Crippen LogP contribution in [0.25, 0.3) is 5.70 Å². The van der Waals surface area contributed by atoms with Crippen molar-refractivity contribution in [3.8, 4) is 11.8 Å². The van der Waals surface area contributed by atoms with Gasteiger partial charge >= 0.3 is 0 Å². The molecule has 1 aliphatic heterocycles. The minimum atomic E-state index is -0.733. The Hall–Kier alpha value is -2.88. The molecule has 0 atom stereocenters. The molecule has 6 heteroatoms. The van der Waals surface area contributed by atoms with Gasteiger partial charge in [0, 0.05) is 30.4 Å². The Balaban J connectivity index is 2.39. The molecule has 6 nitrogen and oxygen atoms in total. The molecule has 2 heterocycles. The molecule has 128 valence electrons. The predicted octanol–water partition coefficient (Wildman–Crippen LogP) is 2.47. The number of hydroxylamine groups is 2. The van der Waals surface area contributed by atoms with Gasteiger partial charge in [0.15, 0.2) is 0 Å². The van der Waals surface area contributed by atoms with Crippen LogP contribution in [0.15, 0.2) is 53.0 Å². The second-order valence-corrected chi connectivity index (χ2v) is 6.49. The number of ether oxygens (including phenoxy) is 1. The van der Waals surface area contributed by atoms with Crippen LogP contribution in [0.1, 0.15) is 25.0 Å². The normalized spacial score (nSPS) is 15.5. The van der Waals surface area contributed by atoms with Crippen LogP contribution < -0.4 is 10.3 Å². The zero-order valence-electron chi connectivity index (χ0n) is 14.4. The van der Waals surface area contributed by atoms with E-state index in [9.17, 15) is 15.3 Å². The van der Waals surface area contributed by atoms with Crippen molar-refractivity contribution in [1.29, 1.82) is 5.26 Å². The quantitative estimate of drug-likeness (QED) is 0.871. The molecule has 1 N–H and O–H groups in total. The number of rotatable bonds is 3. The monoisotopic (exact) mass is 337 g/mol. The summed E-state index contributed by atoms with van der Waals surface area (Å²) >= 11 is 0. The fourth-order valence-electron chi connectivity index (χ4n) is 3.04. The first kappa shape index (κ1) is 17.0. The Bertz CT molecular complexity index is 949. The van der Waals surface area contributed by atoms with Gasteiger partial charge in [0.2, 0.25) is 0 Å². The van der Waals surface area contributed by atoms with Gasteiger partial charge < -0.3 is 9.94 Å². The average molecular weight is 337 g/mol. The molecule has 1 aromatic heterocycles. The molecule has 0 unspecified atom stereocenters. The summed E-state index contributed by atoms with van der Waals surface area (Å²) in [5.74, 6) is 0.596. The first-order chi connectivity index (χ1) is 11.8. The van der Waals surface area contributed by atoms with E-state index in [1.54, 1.807) is 36.5 Å². The van der Waals surface area contributed by atoms with Crippen molar-refractivity contribution in [3.63, 3.8) is 0 Å². The molecule has 3 rings (SSSR count). The van der Waals surface area contributed by atoms with Gasteiger partial charge in [-0.3, -0.25) is 9.36 Å². The Kier molecular flexibility index (Phi) is 4.21. The maximum absolute atomic E-state index is 12.5. The van der Waals surface area contributed by atoms with Gasteiger partial charge in [-0.05, 0) is 38.1 Å². The molecule has 1 aliphatic rings. The summed E-state index contributed by atoms with van der Waals surface area (Å²) in [6.07, 6.45) is 1.68. The van der Waals surface area contributed by atoms with Crippen LogP contribution in [0.5, 0.6) is 5.75 Å². The van der Waals surface area contributed by atoms with Crippen molar-refractivity contribution in [3.05, 3.63) is 69.6 Å². The Morgan fingerprint density at radius 2 is 2.08 bits per heavy atom. The number of hydrogen-bond acceptors (Lipinski definition) is 5. The number of pyridine rings is 1. The fraction of sp³-hybridized carbons (Fsp3) is 0.263. The first-order valence-corrected chi connectivity index (χ1v) is 7.89. The summed E-state index contributed by atoms with van der Waals surface area (Å²) in [5.41, 5.74) is 1.58. The van der Waals surface area contributed by atoms with E-state index in [1.165, 1.54) is 17.7 Å². The van der Waals surface area contributed by atoms with Gasteiger partial charge in [0.05, 0.1) is 23.9 Å². The SMILES string of the molecule is CN(O)CC1=C(n2ccccc2=O)c2cc(C#N)ccc2OC1(C)C. The van der Waals surface area contributed by atoms with E-state index in [4.69, 9.17) is 4.74 Å². The maximum Gasteiger partial charge on any atom is 0.255 e. The highest BCUT2D eigenvalue weighted by atomic mass is 16.5. The molecule has 0 spiro atoms. The molecule has 0 aliphatic carbocycles. The molecule has 25 heavy (non-hydrogen) atoms. The highest BCUT2D eigenvalue weighted by Crippen LogP contribution is 2.41. The molecule has 0 saturated carbocycles. The number of nitrogens with zero attached hydrogens (tertiary/aromatic N) is 3. The van der Waals surface area contributed by atoms with E-state index in [1.807, 2.05) is 13.8 Å². The molecule has 0 bridgehead atoms. The van der Waals surface area contributed by atoms with E-state index < -0.39 is 5.60 Å². The summed E-state index contributed by atoms with van der Waals surface area (Å²) in [7, 11) is 1.54. The summed E-state index contributed by atoms with van der Waals surface area (Å²) in [4.78, 5) is 12.5. The standard InChI is InChI=1S/C19H19N3O3/c1-19(2)15(12-21(3)24)18(22-9-5-4-6-17(22)23)14-10-13(11-20)7-8-16(14)25-19/h4-10,24H,12H2,1-3H3. The zero-order valence-corrected chi connectivity index (χ0v) is 14.4. The number of nitriles is 1. The van der Waals surface area contributed by atoms with Crippen LogP contribution in [-0.2, 0) is 0 Å². The third-order valence-corrected chi connectivity index (χ3v) is 4.19. The lowest BCUT2D eigenvalue weighted by Gasteiger charge is -2.38. The second kappa shape index (κ2) is 6.20. The predicted molar refractivity (Wildman–Crippen MR) is 93.3 cm³/mol. The van der Waals surface area contributed by atoms with Crippen molar-refractivity contribution < 1.29 is 9.94 Å². The number of likely N-dealkylation sites (N-methyl/N-ethyl adjacent to an activating group) is 1. The summed E-state index contributed by atoms with van der Waals surface area (Å²) < 4.78 is 7.63. The smallest absolute Gasteiger partial charge is 0.255 e. The third-order valence-electron chi connectivity index (χ3n) is 4.19. The van der Waals surface area contributed by atoms with Crippen molar-refractivity contribution >= 4 is 5.70 Å². The maximum atomic E-state index is 12.5. The van der Waals surface area contributed by atoms with Crippen LogP contribution in [0.2, 0.25) is 0 Å². The molecular formula is C19H19N3O3. The van der Waals surface area contributed by atoms with Crippen molar-refractivity contribution in [2.24, 2.45) is 0 Å². The van der Waals surface area contributed by atoms with Crippen molar-refractivity contribution in [2.75, 3.05) is 13.6 Å². The molecule has 0 radical (unpaired) electrons. The molecule has 1 aromatic carbocycles. The minimum absolute atomic E-state index is 0.193. The average Bonchev–Trinajstić information content (AvgIpc) is 2.55. The lowest BCUT2D eigenvalue weighted by atomic mass is 9.88. The van der Waals surface area contributed by atoms with E-state index in [2.05, 4.69) is 6.07 Å². The summed E-state index contributed by atoms with van der Waals surface area (Å²) in [6, 6.07) is 12.2. The Morgan fingerprint density at radius 1 is 1.32 bits per heavy atom. The third kappa shape index (κ3) is 3.07. The molecule has 0 fully saturated rings. The van der Waals surface area contributed by atoms with Crippen LogP contribution in [0.4, 0.5) is 0 Å². The van der Waals surface area contributed by atoms with Crippen molar-refractivity contribution in [1.82, 2.24) is 9.63 Å². The number of fused-ring (bicyclic) bond motifs is 1. The fourth-order valence-corrected chi connectivity index (χ4v) is 3.04. The second-order valence-electron chi connectivity index (χ2n) is 6.49. The number of hydrogen-bond donors (Lipinski definition) is 1.